The number of nitrogens with two attached hydrogens (primary N) is 1. The predicted octanol–water partition coefficient (Wildman–Crippen LogP) is 2.72. The summed E-state index contributed by atoms with van der Waals surface area (Å²) in [5.41, 5.74) is 5.73. The molecule has 206 valence electrons. The van der Waals surface area contributed by atoms with Crippen molar-refractivity contribution in [3.8, 4) is 5.75 Å². The van der Waals surface area contributed by atoms with E-state index in [1.54, 1.807) is 42.1 Å². The zero-order valence-electron chi connectivity index (χ0n) is 22.1. The van der Waals surface area contributed by atoms with Crippen molar-refractivity contribution >= 4 is 36.3 Å². The number of ether oxygens (including phenoxy) is 3. The maximum absolute atomic E-state index is 14.0. The first-order valence-electron chi connectivity index (χ1n) is 12.0. The minimum absolute atomic E-state index is 0.215. The molecule has 4 N–H and O–H groups in total. The summed E-state index contributed by atoms with van der Waals surface area (Å²) in [6, 6.07) is 6.31. The summed E-state index contributed by atoms with van der Waals surface area (Å²) in [6.45, 7) is 7.22. The quantitative estimate of drug-likeness (QED) is 0.212. The van der Waals surface area contributed by atoms with E-state index in [0.29, 0.717) is 29.9 Å². The number of nitrogen functional groups attached to an aromatic ring is 1. The van der Waals surface area contributed by atoms with Gasteiger partial charge in [0, 0.05) is 5.56 Å². The molecule has 14 heteroatoms. The minimum atomic E-state index is -3.84. The van der Waals surface area contributed by atoms with Crippen LogP contribution in [-0.2, 0) is 25.4 Å². The Hall–Kier alpha value is -3.54. The van der Waals surface area contributed by atoms with Gasteiger partial charge in [0.1, 0.15) is 29.5 Å². The van der Waals surface area contributed by atoms with E-state index in [1.807, 2.05) is 6.92 Å². The number of fused-ring (bicyclic) bond motifs is 1. The summed E-state index contributed by atoms with van der Waals surface area (Å²) in [5.74, 6) is -0.382. The van der Waals surface area contributed by atoms with Gasteiger partial charge in [-0.1, -0.05) is 6.92 Å². The molecular weight excluding hydrogens is 513 g/mol. The predicted molar refractivity (Wildman–Crippen MR) is 142 cm³/mol. The molecule has 0 saturated carbocycles. The van der Waals surface area contributed by atoms with Gasteiger partial charge in [0.2, 0.25) is 0 Å². The second kappa shape index (κ2) is 12.3. The first kappa shape index (κ1) is 29.0. The summed E-state index contributed by atoms with van der Waals surface area (Å²) >= 11 is 0. The van der Waals surface area contributed by atoms with Crippen LogP contribution in [0.15, 0.2) is 36.9 Å². The summed E-state index contributed by atoms with van der Waals surface area (Å²) in [4.78, 5) is 38.0. The van der Waals surface area contributed by atoms with Gasteiger partial charge in [0.05, 0.1) is 32.7 Å². The molecule has 2 heterocycles. The number of hydrogen-bond acceptors (Lipinski definition) is 10. The topological polar surface area (TPSA) is 173 Å². The Labute approximate surface area is 220 Å². The lowest BCUT2D eigenvalue weighted by Gasteiger charge is -2.31. The van der Waals surface area contributed by atoms with Gasteiger partial charge in [0.25, 0.3) is 13.4 Å². The lowest BCUT2D eigenvalue weighted by atomic mass is 10.1. The lowest BCUT2D eigenvalue weighted by molar-refractivity contribution is -0.149. The van der Waals surface area contributed by atoms with Crippen LogP contribution in [0.3, 0.4) is 0 Å². The summed E-state index contributed by atoms with van der Waals surface area (Å²) in [7, 11) is -2.33. The number of anilines is 1. The average Bonchev–Trinajstić information content (AvgIpc) is 3.29. The van der Waals surface area contributed by atoms with E-state index in [0.717, 1.165) is 0 Å². The third-order valence-corrected chi connectivity index (χ3v) is 7.46. The van der Waals surface area contributed by atoms with Crippen LogP contribution in [0, 0.1) is 0 Å². The number of imidazole rings is 1. The summed E-state index contributed by atoms with van der Waals surface area (Å²) < 4.78 is 32.0. The second-order valence-electron chi connectivity index (χ2n) is 9.22. The van der Waals surface area contributed by atoms with Crippen molar-refractivity contribution in [3.63, 3.8) is 0 Å². The average molecular weight is 548 g/mol. The van der Waals surface area contributed by atoms with Crippen molar-refractivity contribution in [2.75, 3.05) is 25.8 Å². The van der Waals surface area contributed by atoms with Crippen molar-refractivity contribution in [2.24, 2.45) is 0 Å². The molecular formula is C24H34N7O6P. The largest absolute Gasteiger partial charge is 0.497 e. The van der Waals surface area contributed by atoms with Crippen LogP contribution in [0.1, 0.15) is 44.5 Å². The zero-order valence-corrected chi connectivity index (χ0v) is 23.0. The molecule has 1 amide bonds. The molecule has 0 aliphatic rings. The van der Waals surface area contributed by atoms with Crippen LogP contribution in [0.2, 0.25) is 0 Å². The van der Waals surface area contributed by atoms with E-state index in [9.17, 15) is 14.2 Å². The number of esters is 1. The fraction of sp³-hybridized carbons (Fsp3) is 0.458. The van der Waals surface area contributed by atoms with Crippen LogP contribution in [0.25, 0.3) is 11.2 Å². The third-order valence-electron chi connectivity index (χ3n) is 5.47. The van der Waals surface area contributed by atoms with E-state index >= 15 is 0 Å². The van der Waals surface area contributed by atoms with Gasteiger partial charge >= 0.3 is 5.97 Å². The van der Waals surface area contributed by atoms with Gasteiger partial charge in [-0.25, -0.2) is 20.0 Å². The number of methoxy groups -OCH3 is 1. The molecule has 3 rings (SSSR count). The maximum Gasteiger partial charge on any atom is 0.326 e. The second-order valence-corrected chi connectivity index (χ2v) is 11.4. The lowest BCUT2D eigenvalue weighted by Crippen LogP contribution is -2.49. The number of benzene rings is 1. The molecule has 2 unspecified atom stereocenters. The molecule has 2 atom stereocenters. The van der Waals surface area contributed by atoms with Crippen molar-refractivity contribution < 1.29 is 28.4 Å². The Kier molecular flexibility index (Phi) is 9.42. The van der Waals surface area contributed by atoms with Gasteiger partial charge in [-0.3, -0.25) is 19.2 Å². The van der Waals surface area contributed by atoms with Gasteiger partial charge in [0.15, 0.2) is 11.5 Å². The first-order chi connectivity index (χ1) is 18.0. The smallest absolute Gasteiger partial charge is 0.326 e. The molecule has 0 fully saturated rings. The Morgan fingerprint density at radius 1 is 1.18 bits per heavy atom. The Bertz CT molecular complexity index is 1310. The Morgan fingerprint density at radius 2 is 1.89 bits per heavy atom. The molecule has 0 saturated heterocycles. The third kappa shape index (κ3) is 7.27. The molecule has 0 radical (unpaired) electrons. The molecule has 0 aliphatic heterocycles. The minimum Gasteiger partial charge on any atom is -0.497 e. The number of nitrogens with zero attached hydrogens (tertiary/aromatic N) is 4. The fourth-order valence-corrected chi connectivity index (χ4v) is 5.63. The first-order valence-corrected chi connectivity index (χ1v) is 13.9. The number of aromatic nitrogens is 4. The van der Waals surface area contributed by atoms with Crippen LogP contribution < -0.4 is 20.6 Å². The monoisotopic (exact) mass is 547 g/mol. The molecule has 2 aromatic heterocycles. The van der Waals surface area contributed by atoms with Gasteiger partial charge < -0.3 is 24.5 Å². The highest BCUT2D eigenvalue weighted by Gasteiger charge is 2.39. The van der Waals surface area contributed by atoms with Crippen molar-refractivity contribution in [2.45, 2.75) is 52.3 Å². The zero-order chi connectivity index (χ0) is 27.9. The molecule has 0 spiro atoms. The van der Waals surface area contributed by atoms with E-state index in [-0.39, 0.29) is 18.0 Å². The number of nitrogens with one attached hydrogen (secondary N) is 2. The van der Waals surface area contributed by atoms with Crippen LogP contribution >= 0.6 is 7.44 Å². The number of carbonyl (C=O) groups is 2. The van der Waals surface area contributed by atoms with Crippen molar-refractivity contribution in [1.82, 2.24) is 29.7 Å². The van der Waals surface area contributed by atoms with E-state index in [4.69, 9.17) is 19.9 Å². The SMILES string of the molecule is CCCOC(=O)C(C)(C)NP(=O)(COC(C)Cn1cnc2c(N)ncnc21)NC(=O)c1ccc(OC)cc1. The highest BCUT2D eigenvalue weighted by atomic mass is 31.2. The molecule has 13 nitrogen and oxygen atoms in total. The van der Waals surface area contributed by atoms with E-state index < -0.39 is 37.3 Å². The van der Waals surface area contributed by atoms with Gasteiger partial charge in [-0.2, -0.15) is 0 Å². The number of rotatable bonds is 13. The highest BCUT2D eigenvalue weighted by Crippen LogP contribution is 2.40. The van der Waals surface area contributed by atoms with E-state index in [1.165, 1.54) is 27.3 Å². The van der Waals surface area contributed by atoms with Crippen molar-refractivity contribution in [3.05, 3.63) is 42.5 Å². The fourth-order valence-electron chi connectivity index (χ4n) is 3.53. The highest BCUT2D eigenvalue weighted by molar-refractivity contribution is 7.60. The van der Waals surface area contributed by atoms with Crippen molar-refractivity contribution in [1.29, 1.82) is 0 Å². The molecule has 3 aromatic rings. The van der Waals surface area contributed by atoms with Gasteiger partial charge in [-0.15, -0.1) is 0 Å². The number of carbonyl (C=O) groups excluding carboxylic acids is 2. The molecule has 1 aromatic carbocycles. The van der Waals surface area contributed by atoms with Crippen LogP contribution in [0.4, 0.5) is 5.82 Å². The Balaban J connectivity index is 1.77. The normalized spacial score (nSPS) is 14.0. The van der Waals surface area contributed by atoms with E-state index in [2.05, 4.69) is 25.1 Å². The van der Waals surface area contributed by atoms with Crippen LogP contribution in [-0.4, -0.2) is 63.1 Å². The Morgan fingerprint density at radius 3 is 2.55 bits per heavy atom. The summed E-state index contributed by atoms with van der Waals surface area (Å²) in [5, 5.41) is 5.34. The standard InChI is InChI=1S/C24H34N7O6P/c1-6-11-36-23(33)24(3,4)30-38(34,29-22(32)17-7-9-18(35-5)10-8-17)15-37-16(2)12-31-14-28-19-20(25)26-13-27-21(19)31/h7-10,13-14,16H,6,11-12,15H2,1-5H3,(H2,25,26,27)(H2,29,30,32,34). The summed E-state index contributed by atoms with van der Waals surface area (Å²) in [6.07, 6.45) is 2.66. The molecule has 0 bridgehead atoms. The maximum atomic E-state index is 14.0. The number of hydrogen-bond donors (Lipinski definition) is 3. The van der Waals surface area contributed by atoms with Crippen LogP contribution in [0.5, 0.6) is 5.75 Å². The molecule has 38 heavy (non-hydrogen) atoms. The van der Waals surface area contributed by atoms with Gasteiger partial charge in [-0.05, 0) is 51.5 Å². The molecule has 0 aliphatic carbocycles. The number of amides is 1.